The fourth-order valence-electron chi connectivity index (χ4n) is 2.67. The summed E-state index contributed by atoms with van der Waals surface area (Å²) >= 11 is 3.05. The molecule has 2 rings (SSSR count). The van der Waals surface area contributed by atoms with Crippen LogP contribution in [0, 0.1) is 13.8 Å². The molecule has 0 aliphatic heterocycles. The van der Waals surface area contributed by atoms with Gasteiger partial charge in [-0.3, -0.25) is 4.79 Å². The van der Waals surface area contributed by atoms with Gasteiger partial charge >= 0.3 is 0 Å². The van der Waals surface area contributed by atoms with Crippen molar-refractivity contribution in [3.8, 4) is 10.6 Å². The maximum absolute atomic E-state index is 12.4. The summed E-state index contributed by atoms with van der Waals surface area (Å²) in [6.45, 7) is 12.1. The summed E-state index contributed by atoms with van der Waals surface area (Å²) < 4.78 is 0. The van der Waals surface area contributed by atoms with Crippen LogP contribution in [0.3, 0.4) is 0 Å². The van der Waals surface area contributed by atoms with Gasteiger partial charge < -0.3 is 4.90 Å². The molecule has 0 fully saturated rings. The van der Waals surface area contributed by atoms with Crippen LogP contribution in [0.15, 0.2) is 17.2 Å². The van der Waals surface area contributed by atoms with E-state index in [2.05, 4.69) is 15.2 Å². The standard InChI is InChI=1S/C17H24N4OS2/c1-10(2)21(11(3)4)16(22)9-23-15-8-7-14(19-20-15)17-12(5)18-13(6)24-17/h7-8,10-11H,9H2,1-6H3. The summed E-state index contributed by atoms with van der Waals surface area (Å²) in [5.74, 6) is 0.508. The second-order valence-corrected chi connectivity index (χ2v) is 8.38. The normalized spacial score (nSPS) is 11.3. The molecule has 0 aliphatic carbocycles. The van der Waals surface area contributed by atoms with Crippen molar-refractivity contribution in [1.82, 2.24) is 20.1 Å². The van der Waals surface area contributed by atoms with Crippen molar-refractivity contribution in [2.45, 2.75) is 58.7 Å². The fourth-order valence-corrected chi connectivity index (χ4v) is 4.24. The Morgan fingerprint density at radius 1 is 1.17 bits per heavy atom. The maximum atomic E-state index is 12.4. The first-order valence-corrected chi connectivity index (χ1v) is 9.82. The van der Waals surface area contributed by atoms with E-state index in [0.29, 0.717) is 5.75 Å². The zero-order chi connectivity index (χ0) is 17.9. The third-order valence-corrected chi connectivity index (χ3v) is 5.52. The Balaban J connectivity index is 2.02. The summed E-state index contributed by atoms with van der Waals surface area (Å²) in [5, 5.41) is 10.3. The SMILES string of the molecule is Cc1nc(C)c(-c2ccc(SCC(=O)N(C(C)C)C(C)C)nn2)s1. The molecule has 0 saturated heterocycles. The van der Waals surface area contributed by atoms with Gasteiger partial charge in [-0.2, -0.15) is 0 Å². The smallest absolute Gasteiger partial charge is 0.233 e. The van der Waals surface area contributed by atoms with Gasteiger partial charge in [0, 0.05) is 12.1 Å². The Morgan fingerprint density at radius 2 is 1.83 bits per heavy atom. The molecule has 7 heteroatoms. The average molecular weight is 365 g/mol. The largest absolute Gasteiger partial charge is 0.337 e. The van der Waals surface area contributed by atoms with Gasteiger partial charge in [-0.25, -0.2) is 4.98 Å². The third kappa shape index (κ3) is 4.54. The summed E-state index contributed by atoms with van der Waals surface area (Å²) in [4.78, 5) is 19.8. The van der Waals surface area contributed by atoms with Crippen molar-refractivity contribution in [2.75, 3.05) is 5.75 Å². The van der Waals surface area contributed by atoms with E-state index in [-0.39, 0.29) is 18.0 Å². The van der Waals surface area contributed by atoms with Gasteiger partial charge in [-0.15, -0.1) is 21.5 Å². The first-order chi connectivity index (χ1) is 11.3. The lowest BCUT2D eigenvalue weighted by molar-refractivity contribution is -0.131. The first kappa shape index (κ1) is 18.9. The molecule has 5 nitrogen and oxygen atoms in total. The highest BCUT2D eigenvalue weighted by Gasteiger charge is 2.20. The molecule has 0 N–H and O–H groups in total. The number of thiazole rings is 1. The fraction of sp³-hybridized carbons (Fsp3) is 0.529. The Bertz CT molecular complexity index is 687. The minimum atomic E-state index is 0.129. The number of aromatic nitrogens is 3. The van der Waals surface area contributed by atoms with E-state index >= 15 is 0 Å². The molecule has 130 valence electrons. The molecule has 0 unspecified atom stereocenters. The highest BCUT2D eigenvalue weighted by molar-refractivity contribution is 7.99. The molecule has 2 aromatic rings. The zero-order valence-electron chi connectivity index (χ0n) is 15.0. The Morgan fingerprint density at radius 3 is 2.29 bits per heavy atom. The van der Waals surface area contributed by atoms with Gasteiger partial charge in [-0.1, -0.05) is 11.8 Å². The lowest BCUT2D eigenvalue weighted by atomic mass is 10.2. The first-order valence-electron chi connectivity index (χ1n) is 8.01. The van der Waals surface area contributed by atoms with Crippen LogP contribution in [-0.2, 0) is 4.79 Å². The Kier molecular flexibility index (Phi) is 6.34. The molecular weight excluding hydrogens is 340 g/mol. The predicted molar refractivity (Wildman–Crippen MR) is 100 cm³/mol. The molecule has 1 amide bonds. The number of rotatable bonds is 6. The van der Waals surface area contributed by atoms with Gasteiger partial charge in [0.25, 0.3) is 0 Å². The van der Waals surface area contributed by atoms with Crippen LogP contribution >= 0.6 is 23.1 Å². The van der Waals surface area contributed by atoms with Crippen molar-refractivity contribution in [1.29, 1.82) is 0 Å². The monoisotopic (exact) mass is 364 g/mol. The van der Waals surface area contributed by atoms with E-state index in [4.69, 9.17) is 0 Å². The van der Waals surface area contributed by atoms with Crippen molar-refractivity contribution in [3.63, 3.8) is 0 Å². The molecule has 0 atom stereocenters. The van der Waals surface area contributed by atoms with Crippen LogP contribution in [0.4, 0.5) is 0 Å². The summed E-state index contributed by atoms with van der Waals surface area (Å²) in [6.07, 6.45) is 0. The molecule has 2 aromatic heterocycles. The van der Waals surface area contributed by atoms with E-state index in [1.807, 2.05) is 58.6 Å². The van der Waals surface area contributed by atoms with Crippen molar-refractivity contribution in [2.24, 2.45) is 0 Å². The lowest BCUT2D eigenvalue weighted by Gasteiger charge is -2.30. The molecule has 0 bridgehead atoms. The number of amides is 1. The topological polar surface area (TPSA) is 59.0 Å². The second-order valence-electron chi connectivity index (χ2n) is 6.18. The number of carbonyl (C=O) groups excluding carboxylic acids is 1. The minimum absolute atomic E-state index is 0.129. The average Bonchev–Trinajstić information content (AvgIpc) is 2.83. The molecule has 2 heterocycles. The number of aryl methyl sites for hydroxylation is 2. The molecular formula is C17H24N4OS2. The third-order valence-electron chi connectivity index (χ3n) is 3.52. The van der Waals surface area contributed by atoms with Gasteiger partial charge in [0.15, 0.2) is 0 Å². The van der Waals surface area contributed by atoms with Gasteiger partial charge in [0.1, 0.15) is 10.7 Å². The van der Waals surface area contributed by atoms with E-state index in [1.54, 1.807) is 11.3 Å². The Hall–Kier alpha value is -1.47. The van der Waals surface area contributed by atoms with E-state index in [1.165, 1.54) is 11.8 Å². The van der Waals surface area contributed by atoms with Crippen molar-refractivity contribution in [3.05, 3.63) is 22.8 Å². The van der Waals surface area contributed by atoms with Gasteiger partial charge in [0.05, 0.1) is 21.3 Å². The van der Waals surface area contributed by atoms with Crippen LogP contribution in [0.25, 0.3) is 10.6 Å². The second kappa shape index (κ2) is 8.07. The number of hydrogen-bond donors (Lipinski definition) is 0. The van der Waals surface area contributed by atoms with Crippen LogP contribution in [-0.4, -0.2) is 43.8 Å². The quantitative estimate of drug-likeness (QED) is 0.726. The predicted octanol–water partition coefficient (Wildman–Crippen LogP) is 3.95. The molecule has 0 spiro atoms. The summed E-state index contributed by atoms with van der Waals surface area (Å²) in [5.41, 5.74) is 1.81. The van der Waals surface area contributed by atoms with Crippen molar-refractivity contribution < 1.29 is 4.79 Å². The van der Waals surface area contributed by atoms with Gasteiger partial charge in [-0.05, 0) is 53.7 Å². The van der Waals surface area contributed by atoms with Crippen molar-refractivity contribution >= 4 is 29.0 Å². The number of carbonyl (C=O) groups is 1. The van der Waals surface area contributed by atoms with Crippen LogP contribution < -0.4 is 0 Å². The summed E-state index contributed by atoms with van der Waals surface area (Å²) in [6, 6.07) is 4.26. The van der Waals surface area contributed by atoms with E-state index < -0.39 is 0 Å². The highest BCUT2D eigenvalue weighted by atomic mass is 32.2. The maximum Gasteiger partial charge on any atom is 0.233 e. The molecule has 24 heavy (non-hydrogen) atoms. The molecule has 0 aromatic carbocycles. The molecule has 0 saturated carbocycles. The molecule has 0 radical (unpaired) electrons. The highest BCUT2D eigenvalue weighted by Crippen LogP contribution is 2.28. The lowest BCUT2D eigenvalue weighted by Crippen LogP contribution is -2.43. The number of thioether (sulfide) groups is 1. The zero-order valence-corrected chi connectivity index (χ0v) is 16.7. The number of hydrogen-bond acceptors (Lipinski definition) is 6. The van der Waals surface area contributed by atoms with Gasteiger partial charge in [0.2, 0.25) is 5.91 Å². The summed E-state index contributed by atoms with van der Waals surface area (Å²) in [7, 11) is 0. The van der Waals surface area contributed by atoms with Crippen LogP contribution in [0.5, 0.6) is 0 Å². The van der Waals surface area contributed by atoms with E-state index in [0.717, 1.165) is 26.3 Å². The minimum Gasteiger partial charge on any atom is -0.337 e. The molecule has 0 aliphatic rings. The number of nitrogens with zero attached hydrogens (tertiary/aromatic N) is 4. The Labute approximate surface area is 151 Å². The van der Waals surface area contributed by atoms with Crippen LogP contribution in [0.1, 0.15) is 38.4 Å². The van der Waals surface area contributed by atoms with Crippen LogP contribution in [0.2, 0.25) is 0 Å². The van der Waals surface area contributed by atoms with E-state index in [9.17, 15) is 4.79 Å².